The van der Waals surface area contributed by atoms with E-state index in [4.69, 9.17) is 4.74 Å². The number of rotatable bonds is 8. The monoisotopic (exact) mass is 539 g/mol. The molecule has 2 heterocycles. The highest BCUT2D eigenvalue weighted by atomic mass is 32.2. The van der Waals surface area contributed by atoms with E-state index in [1.165, 1.54) is 49.4 Å². The molecule has 0 aliphatic carbocycles. The van der Waals surface area contributed by atoms with Crippen molar-refractivity contribution in [2.24, 2.45) is 5.92 Å². The first-order valence-electron chi connectivity index (χ1n) is 11.6. The summed E-state index contributed by atoms with van der Waals surface area (Å²) in [4.78, 5) is 33.1. The van der Waals surface area contributed by atoms with Crippen LogP contribution in [0.2, 0.25) is 0 Å². The predicted octanol–water partition coefficient (Wildman–Crippen LogP) is 3.10. The second-order valence-electron chi connectivity index (χ2n) is 8.77. The molecule has 2 N–H and O–H groups in total. The fourth-order valence-corrected chi connectivity index (χ4v) is 5.07. The van der Waals surface area contributed by atoms with Gasteiger partial charge in [-0.15, -0.1) is 0 Å². The molecule has 0 unspecified atom stereocenters. The van der Waals surface area contributed by atoms with E-state index in [2.05, 4.69) is 20.0 Å². The summed E-state index contributed by atoms with van der Waals surface area (Å²) in [5, 5.41) is 2.87. The second-order valence-corrected chi connectivity index (χ2v) is 10.4. The molecule has 0 aliphatic heterocycles. The first-order chi connectivity index (χ1) is 18.0. The van der Waals surface area contributed by atoms with E-state index in [-0.39, 0.29) is 29.6 Å². The maximum Gasteiger partial charge on any atom is 0.264 e. The maximum absolute atomic E-state index is 14.4. The van der Waals surface area contributed by atoms with Crippen LogP contribution < -0.4 is 20.3 Å². The Morgan fingerprint density at radius 1 is 1.13 bits per heavy atom. The molecule has 2 aromatic carbocycles. The third-order valence-electron chi connectivity index (χ3n) is 5.99. The highest BCUT2D eigenvalue weighted by molar-refractivity contribution is 7.92. The minimum absolute atomic E-state index is 0.00641. The lowest BCUT2D eigenvalue weighted by Gasteiger charge is -2.14. The molecule has 2 aromatic heterocycles. The SMILES string of the molecule is CNC(=O)[C@H](C)Cn1cnc2ccc(-c3cnc(OC)c(NS(=O)(=O)c4ccc(C)cc4F)c3)cc2c1=O. The van der Waals surface area contributed by atoms with Crippen molar-refractivity contribution in [1.29, 1.82) is 0 Å². The molecular formula is C26H26FN5O5S. The molecule has 4 aromatic rings. The van der Waals surface area contributed by atoms with Crippen molar-refractivity contribution >= 4 is 32.5 Å². The number of methoxy groups -OCH3 is 1. The zero-order valence-electron chi connectivity index (χ0n) is 21.1. The number of aromatic nitrogens is 3. The Bertz CT molecular complexity index is 1700. The molecule has 4 rings (SSSR count). The van der Waals surface area contributed by atoms with Crippen molar-refractivity contribution in [2.75, 3.05) is 18.9 Å². The van der Waals surface area contributed by atoms with Crippen molar-refractivity contribution in [3.8, 4) is 17.0 Å². The smallest absolute Gasteiger partial charge is 0.264 e. The number of hydrogen-bond donors (Lipinski definition) is 2. The van der Waals surface area contributed by atoms with Gasteiger partial charge >= 0.3 is 0 Å². The van der Waals surface area contributed by atoms with Gasteiger partial charge < -0.3 is 10.1 Å². The van der Waals surface area contributed by atoms with Crippen molar-refractivity contribution < 1.29 is 22.3 Å². The topological polar surface area (TPSA) is 132 Å². The van der Waals surface area contributed by atoms with E-state index < -0.39 is 26.7 Å². The van der Waals surface area contributed by atoms with Gasteiger partial charge in [-0.05, 0) is 48.4 Å². The third kappa shape index (κ3) is 5.35. The number of pyridine rings is 1. The molecule has 0 fully saturated rings. The molecule has 0 spiro atoms. The first kappa shape index (κ1) is 26.7. The standard InChI is InChI=1S/C26H26FN5O5S/c1-15-5-8-23(20(27)9-15)38(35,36)31-22-11-18(12-29-25(22)37-4)17-6-7-21-19(10-17)26(34)32(14-30-21)13-16(2)24(33)28-3/h5-12,14,16,31H,13H2,1-4H3,(H,28,33)/t16-/m1/s1. The van der Waals surface area contributed by atoms with Gasteiger partial charge in [-0.25, -0.2) is 22.8 Å². The lowest BCUT2D eigenvalue weighted by Crippen LogP contribution is -2.32. The number of sulfonamides is 1. The minimum atomic E-state index is -4.30. The van der Waals surface area contributed by atoms with Crippen LogP contribution in [0.4, 0.5) is 10.1 Å². The van der Waals surface area contributed by atoms with Crippen LogP contribution in [0, 0.1) is 18.7 Å². The Labute approximate surface area is 218 Å². The quantitative estimate of drug-likeness (QED) is 0.352. The van der Waals surface area contributed by atoms with Gasteiger partial charge in [0.25, 0.3) is 15.6 Å². The molecule has 38 heavy (non-hydrogen) atoms. The third-order valence-corrected chi connectivity index (χ3v) is 7.39. The number of hydrogen-bond acceptors (Lipinski definition) is 7. The Hall–Kier alpha value is -4.32. The summed E-state index contributed by atoms with van der Waals surface area (Å²) < 4.78 is 49.2. The molecule has 10 nitrogen and oxygen atoms in total. The molecule has 1 atom stereocenters. The van der Waals surface area contributed by atoms with Crippen LogP contribution in [0.5, 0.6) is 5.88 Å². The summed E-state index contributed by atoms with van der Waals surface area (Å²) in [6.45, 7) is 3.51. The number of ether oxygens (including phenoxy) is 1. The van der Waals surface area contributed by atoms with Crippen molar-refractivity contribution in [3.05, 3.63) is 76.7 Å². The molecule has 0 aliphatic rings. The molecule has 0 bridgehead atoms. The number of carbonyl (C=O) groups excluding carboxylic acids is 1. The van der Waals surface area contributed by atoms with Crippen LogP contribution in [-0.4, -0.2) is 43.0 Å². The Kier molecular flexibility index (Phi) is 7.44. The Morgan fingerprint density at radius 3 is 2.58 bits per heavy atom. The van der Waals surface area contributed by atoms with Gasteiger partial charge in [-0.2, -0.15) is 0 Å². The normalized spacial score (nSPS) is 12.2. The molecular weight excluding hydrogens is 513 g/mol. The van der Waals surface area contributed by atoms with Crippen molar-refractivity contribution in [3.63, 3.8) is 0 Å². The summed E-state index contributed by atoms with van der Waals surface area (Å²) in [5.74, 6) is -1.54. The van der Waals surface area contributed by atoms with Gasteiger partial charge in [0.2, 0.25) is 11.8 Å². The molecule has 0 saturated heterocycles. The zero-order valence-corrected chi connectivity index (χ0v) is 22.0. The minimum Gasteiger partial charge on any atom is -0.480 e. The van der Waals surface area contributed by atoms with Crippen LogP contribution in [0.25, 0.3) is 22.0 Å². The van der Waals surface area contributed by atoms with Crippen LogP contribution in [0.1, 0.15) is 12.5 Å². The van der Waals surface area contributed by atoms with Gasteiger partial charge in [0.05, 0.1) is 30.3 Å². The van der Waals surface area contributed by atoms with E-state index in [1.807, 2.05) is 0 Å². The summed E-state index contributed by atoms with van der Waals surface area (Å²) in [6, 6.07) is 10.3. The highest BCUT2D eigenvalue weighted by Gasteiger charge is 2.22. The number of fused-ring (bicyclic) bond motifs is 1. The highest BCUT2D eigenvalue weighted by Crippen LogP contribution is 2.31. The summed E-state index contributed by atoms with van der Waals surface area (Å²) in [5.41, 5.74) is 1.74. The molecule has 198 valence electrons. The average Bonchev–Trinajstić information content (AvgIpc) is 2.89. The fraction of sp³-hybridized carbons (Fsp3) is 0.231. The number of anilines is 1. The number of nitrogens with one attached hydrogen (secondary N) is 2. The van der Waals surface area contributed by atoms with Crippen LogP contribution in [-0.2, 0) is 21.4 Å². The summed E-state index contributed by atoms with van der Waals surface area (Å²) in [7, 11) is -1.44. The van der Waals surface area contributed by atoms with Crippen molar-refractivity contribution in [1.82, 2.24) is 19.9 Å². The van der Waals surface area contributed by atoms with Crippen LogP contribution >= 0.6 is 0 Å². The lowest BCUT2D eigenvalue weighted by molar-refractivity contribution is -0.124. The second kappa shape index (κ2) is 10.6. The predicted molar refractivity (Wildman–Crippen MR) is 141 cm³/mol. The summed E-state index contributed by atoms with van der Waals surface area (Å²) in [6.07, 6.45) is 2.86. The molecule has 1 amide bonds. The van der Waals surface area contributed by atoms with Gasteiger partial charge in [-0.1, -0.05) is 19.1 Å². The van der Waals surface area contributed by atoms with Gasteiger partial charge in [-0.3, -0.25) is 18.9 Å². The van der Waals surface area contributed by atoms with E-state index >= 15 is 0 Å². The number of benzene rings is 2. The van der Waals surface area contributed by atoms with Gasteiger partial charge in [0.15, 0.2) is 0 Å². The van der Waals surface area contributed by atoms with Crippen LogP contribution in [0.3, 0.4) is 0 Å². The lowest BCUT2D eigenvalue weighted by atomic mass is 10.0. The molecule has 12 heteroatoms. The van der Waals surface area contributed by atoms with E-state index in [9.17, 15) is 22.4 Å². The maximum atomic E-state index is 14.4. The van der Waals surface area contributed by atoms with E-state index in [1.54, 1.807) is 32.0 Å². The van der Waals surface area contributed by atoms with E-state index in [0.717, 1.165) is 6.07 Å². The number of nitrogens with zero attached hydrogens (tertiary/aromatic N) is 3. The largest absolute Gasteiger partial charge is 0.480 e. The molecule has 0 saturated carbocycles. The number of amides is 1. The Morgan fingerprint density at radius 2 is 1.89 bits per heavy atom. The van der Waals surface area contributed by atoms with Gasteiger partial charge in [0, 0.05) is 25.4 Å². The van der Waals surface area contributed by atoms with Crippen molar-refractivity contribution in [2.45, 2.75) is 25.3 Å². The number of halogens is 1. The molecule has 0 radical (unpaired) electrons. The summed E-state index contributed by atoms with van der Waals surface area (Å²) >= 11 is 0. The number of carbonyl (C=O) groups is 1. The van der Waals surface area contributed by atoms with Gasteiger partial charge in [0.1, 0.15) is 16.4 Å². The fourth-order valence-electron chi connectivity index (χ4n) is 3.96. The first-order valence-corrected chi connectivity index (χ1v) is 13.1. The van der Waals surface area contributed by atoms with Crippen LogP contribution in [0.15, 0.2) is 64.7 Å². The Balaban J connectivity index is 1.73. The zero-order chi connectivity index (χ0) is 27.6. The average molecular weight is 540 g/mol. The van der Waals surface area contributed by atoms with E-state index in [0.29, 0.717) is 27.6 Å². The number of aryl methyl sites for hydroxylation is 1.